The number of aromatic nitrogens is 3. The molecule has 0 spiro atoms. The van der Waals surface area contributed by atoms with E-state index in [4.69, 9.17) is 28.3 Å². The highest BCUT2D eigenvalue weighted by Crippen LogP contribution is 2.26. The van der Waals surface area contributed by atoms with Gasteiger partial charge in [-0.25, -0.2) is 9.07 Å². The van der Waals surface area contributed by atoms with Crippen molar-refractivity contribution < 1.29 is 14.3 Å². The quantitative estimate of drug-likeness (QED) is 0.881. The zero-order valence-electron chi connectivity index (χ0n) is 8.77. The zero-order chi connectivity index (χ0) is 13.3. The van der Waals surface area contributed by atoms with E-state index in [2.05, 4.69) is 10.3 Å². The molecule has 0 aliphatic heterocycles. The molecule has 0 radical (unpaired) electrons. The minimum absolute atomic E-state index is 0.172. The number of benzene rings is 1. The maximum absolute atomic E-state index is 13.3. The van der Waals surface area contributed by atoms with Gasteiger partial charge < -0.3 is 5.11 Å². The molecule has 0 atom stereocenters. The third-order valence-electron chi connectivity index (χ3n) is 2.17. The van der Waals surface area contributed by atoms with Gasteiger partial charge in [0.15, 0.2) is 5.82 Å². The summed E-state index contributed by atoms with van der Waals surface area (Å²) in [5.41, 5.74) is 0.682. The molecule has 0 saturated heterocycles. The van der Waals surface area contributed by atoms with E-state index in [1.54, 1.807) is 0 Å². The van der Waals surface area contributed by atoms with Gasteiger partial charge in [-0.2, -0.15) is 0 Å². The standard InChI is InChI=1S/C10H6Cl2FN3O2/c11-7-1-5(2-8(12)10(7)13)16-6(3-9(17)18)4-14-15-16/h1-2,4H,3H2,(H,17,18). The van der Waals surface area contributed by atoms with Crippen molar-refractivity contribution in [2.45, 2.75) is 6.42 Å². The molecule has 0 fully saturated rings. The second kappa shape index (κ2) is 4.91. The number of halogens is 3. The Morgan fingerprint density at radius 2 is 2.00 bits per heavy atom. The molecular weight excluding hydrogens is 284 g/mol. The van der Waals surface area contributed by atoms with E-state index >= 15 is 0 Å². The number of aliphatic carboxylic acids is 1. The van der Waals surface area contributed by atoms with Crippen LogP contribution in [0.4, 0.5) is 4.39 Å². The van der Waals surface area contributed by atoms with Crippen molar-refractivity contribution >= 4 is 29.2 Å². The lowest BCUT2D eigenvalue weighted by Gasteiger charge is -2.06. The van der Waals surface area contributed by atoms with Gasteiger partial charge in [-0.1, -0.05) is 28.4 Å². The molecule has 2 aromatic rings. The molecule has 0 bridgehead atoms. The van der Waals surface area contributed by atoms with E-state index in [9.17, 15) is 9.18 Å². The molecule has 1 heterocycles. The minimum Gasteiger partial charge on any atom is -0.481 e. The van der Waals surface area contributed by atoms with Gasteiger partial charge in [0, 0.05) is 0 Å². The van der Waals surface area contributed by atoms with Gasteiger partial charge in [0.2, 0.25) is 0 Å². The third kappa shape index (κ3) is 2.44. The summed E-state index contributed by atoms with van der Waals surface area (Å²) in [6.07, 6.45) is 1.04. The summed E-state index contributed by atoms with van der Waals surface area (Å²) < 4.78 is 14.5. The lowest BCUT2D eigenvalue weighted by Crippen LogP contribution is -2.08. The van der Waals surface area contributed by atoms with Crippen molar-refractivity contribution in [3.05, 3.63) is 39.9 Å². The number of carbonyl (C=O) groups is 1. The number of hydrogen-bond acceptors (Lipinski definition) is 3. The van der Waals surface area contributed by atoms with Crippen molar-refractivity contribution in [1.29, 1.82) is 0 Å². The Bertz CT molecular complexity index is 592. The summed E-state index contributed by atoms with van der Waals surface area (Å²) in [5, 5.41) is 15.7. The van der Waals surface area contributed by atoms with Crippen molar-refractivity contribution in [2.75, 3.05) is 0 Å². The largest absolute Gasteiger partial charge is 0.481 e. The van der Waals surface area contributed by atoms with Gasteiger partial charge in [-0.05, 0) is 12.1 Å². The highest BCUT2D eigenvalue weighted by Gasteiger charge is 2.13. The highest BCUT2D eigenvalue weighted by molar-refractivity contribution is 6.35. The molecule has 2 rings (SSSR count). The van der Waals surface area contributed by atoms with Gasteiger partial charge in [0.25, 0.3) is 0 Å². The van der Waals surface area contributed by atoms with Gasteiger partial charge in [-0.15, -0.1) is 5.10 Å². The molecule has 0 amide bonds. The lowest BCUT2D eigenvalue weighted by atomic mass is 10.2. The molecular formula is C10H6Cl2FN3O2. The zero-order valence-corrected chi connectivity index (χ0v) is 10.3. The van der Waals surface area contributed by atoms with Crippen molar-refractivity contribution in [1.82, 2.24) is 15.0 Å². The van der Waals surface area contributed by atoms with Crippen LogP contribution in [-0.2, 0) is 11.2 Å². The normalized spacial score (nSPS) is 10.6. The summed E-state index contributed by atoms with van der Waals surface area (Å²) in [4.78, 5) is 10.7. The fourth-order valence-electron chi connectivity index (χ4n) is 1.41. The molecule has 0 aliphatic carbocycles. The molecule has 1 aromatic heterocycles. The van der Waals surface area contributed by atoms with Gasteiger partial charge in [0.05, 0.1) is 34.0 Å². The Balaban J connectivity index is 2.49. The predicted octanol–water partition coefficient (Wildman–Crippen LogP) is 2.34. The Labute approximate surface area is 111 Å². The average Bonchev–Trinajstić information content (AvgIpc) is 2.72. The summed E-state index contributed by atoms with van der Waals surface area (Å²) >= 11 is 11.3. The average molecular weight is 290 g/mol. The molecule has 1 N–H and O–H groups in total. The number of rotatable bonds is 3. The Morgan fingerprint density at radius 3 is 2.56 bits per heavy atom. The van der Waals surface area contributed by atoms with Crippen molar-refractivity contribution in [3.63, 3.8) is 0 Å². The molecule has 18 heavy (non-hydrogen) atoms. The fraction of sp³-hybridized carbons (Fsp3) is 0.100. The highest BCUT2D eigenvalue weighted by atomic mass is 35.5. The van der Waals surface area contributed by atoms with Crippen LogP contribution >= 0.6 is 23.2 Å². The maximum atomic E-state index is 13.3. The van der Waals surface area contributed by atoms with E-state index in [-0.39, 0.29) is 16.5 Å². The SMILES string of the molecule is O=C(O)Cc1cnnn1-c1cc(Cl)c(F)c(Cl)c1. The first kappa shape index (κ1) is 12.8. The van der Waals surface area contributed by atoms with E-state index in [0.29, 0.717) is 11.4 Å². The summed E-state index contributed by atoms with van der Waals surface area (Å²) in [5.74, 6) is -1.76. The van der Waals surface area contributed by atoms with E-state index in [0.717, 1.165) is 0 Å². The van der Waals surface area contributed by atoms with Gasteiger partial charge in [0.1, 0.15) is 0 Å². The van der Waals surface area contributed by atoms with Crippen LogP contribution in [0.3, 0.4) is 0 Å². The summed E-state index contributed by atoms with van der Waals surface area (Å²) in [6.45, 7) is 0. The van der Waals surface area contributed by atoms with Crippen molar-refractivity contribution in [3.8, 4) is 5.69 Å². The predicted molar refractivity (Wildman–Crippen MR) is 62.7 cm³/mol. The van der Waals surface area contributed by atoms with Crippen LogP contribution < -0.4 is 0 Å². The Kier molecular flexibility index (Phi) is 3.49. The van der Waals surface area contributed by atoms with Crippen LogP contribution in [0.1, 0.15) is 5.69 Å². The second-order valence-corrected chi connectivity index (χ2v) is 4.25. The summed E-state index contributed by atoms with van der Waals surface area (Å²) in [6, 6.07) is 2.59. The first-order chi connectivity index (χ1) is 8.49. The molecule has 0 aliphatic rings. The van der Waals surface area contributed by atoms with E-state index < -0.39 is 11.8 Å². The molecule has 94 valence electrons. The van der Waals surface area contributed by atoms with Crippen LogP contribution in [0.15, 0.2) is 18.3 Å². The van der Waals surface area contributed by atoms with Gasteiger partial charge in [-0.3, -0.25) is 4.79 Å². The Hall–Kier alpha value is -1.66. The van der Waals surface area contributed by atoms with E-state index in [1.807, 2.05) is 0 Å². The van der Waals surface area contributed by atoms with Crippen molar-refractivity contribution in [2.24, 2.45) is 0 Å². The third-order valence-corrected chi connectivity index (χ3v) is 2.72. The van der Waals surface area contributed by atoms with Crippen LogP contribution in [-0.4, -0.2) is 26.1 Å². The monoisotopic (exact) mass is 289 g/mol. The molecule has 8 heteroatoms. The fourth-order valence-corrected chi connectivity index (χ4v) is 1.89. The lowest BCUT2D eigenvalue weighted by molar-refractivity contribution is -0.136. The van der Waals surface area contributed by atoms with Gasteiger partial charge >= 0.3 is 5.97 Å². The van der Waals surface area contributed by atoms with Crippen LogP contribution in [0.5, 0.6) is 0 Å². The number of carboxylic acid groups (broad SMARTS) is 1. The number of hydrogen-bond donors (Lipinski definition) is 1. The number of nitrogens with zero attached hydrogens (tertiary/aromatic N) is 3. The molecule has 1 aromatic carbocycles. The van der Waals surface area contributed by atoms with Crippen LogP contribution in [0.2, 0.25) is 10.0 Å². The topological polar surface area (TPSA) is 68.0 Å². The molecule has 0 unspecified atom stereocenters. The Morgan fingerprint density at radius 1 is 1.39 bits per heavy atom. The number of carboxylic acids is 1. The first-order valence-electron chi connectivity index (χ1n) is 4.75. The smallest absolute Gasteiger partial charge is 0.309 e. The van der Waals surface area contributed by atoms with Crippen LogP contribution in [0, 0.1) is 5.82 Å². The van der Waals surface area contributed by atoms with E-state index in [1.165, 1.54) is 23.0 Å². The first-order valence-corrected chi connectivity index (χ1v) is 5.51. The molecule has 5 nitrogen and oxygen atoms in total. The second-order valence-electron chi connectivity index (χ2n) is 3.43. The maximum Gasteiger partial charge on any atom is 0.309 e. The summed E-state index contributed by atoms with van der Waals surface area (Å²) in [7, 11) is 0. The van der Waals surface area contributed by atoms with Crippen LogP contribution in [0.25, 0.3) is 5.69 Å². The molecule has 0 saturated carbocycles. The minimum atomic E-state index is -1.03.